The molecule has 0 bridgehead atoms. The van der Waals surface area contributed by atoms with Crippen molar-refractivity contribution < 1.29 is 19.1 Å². The summed E-state index contributed by atoms with van der Waals surface area (Å²) in [5.41, 5.74) is 0.872. The highest BCUT2D eigenvalue weighted by Crippen LogP contribution is 2.21. The van der Waals surface area contributed by atoms with Crippen molar-refractivity contribution in [1.82, 2.24) is 10.6 Å². The fourth-order valence-corrected chi connectivity index (χ4v) is 2.65. The second-order valence-electron chi connectivity index (χ2n) is 5.44. The number of hydrogen-bond acceptors (Lipinski definition) is 5. The summed E-state index contributed by atoms with van der Waals surface area (Å²) >= 11 is 6.15. The smallest absolute Gasteiger partial charge is 0.252 e. The summed E-state index contributed by atoms with van der Waals surface area (Å²) in [5.74, 6) is -0.485. The maximum Gasteiger partial charge on any atom is 0.252 e. The SMILES string of the molecule is COCCNC(=O)c1ccc(NC(=O)[C@H]2NCCO[C@@H]2C)cc1Cl.Cl. The van der Waals surface area contributed by atoms with Crippen molar-refractivity contribution in [2.75, 3.05) is 38.7 Å². The maximum absolute atomic E-state index is 12.3. The van der Waals surface area contributed by atoms with Crippen LogP contribution in [0.1, 0.15) is 17.3 Å². The predicted molar refractivity (Wildman–Crippen MR) is 98.7 cm³/mol. The molecule has 1 aliphatic rings. The standard InChI is InChI=1S/C16H22ClN3O4.ClH/c1-10-14(18-6-8-24-10)16(22)20-11-3-4-12(13(17)9-11)15(21)19-5-7-23-2;/h3-4,9-10,14,18H,5-8H2,1-2H3,(H,19,21)(H,20,22);1H/t10-,14+;/m1./s1. The number of carbonyl (C=O) groups is 2. The molecule has 1 heterocycles. The second-order valence-corrected chi connectivity index (χ2v) is 5.85. The molecule has 140 valence electrons. The van der Waals surface area contributed by atoms with Gasteiger partial charge in [-0.2, -0.15) is 0 Å². The van der Waals surface area contributed by atoms with E-state index < -0.39 is 6.04 Å². The Morgan fingerprint density at radius 3 is 2.84 bits per heavy atom. The van der Waals surface area contributed by atoms with Crippen LogP contribution >= 0.6 is 24.0 Å². The molecule has 1 saturated heterocycles. The number of rotatable bonds is 6. The monoisotopic (exact) mass is 391 g/mol. The van der Waals surface area contributed by atoms with E-state index >= 15 is 0 Å². The fraction of sp³-hybridized carbons (Fsp3) is 0.500. The molecule has 2 atom stereocenters. The number of nitrogens with one attached hydrogen (secondary N) is 3. The van der Waals surface area contributed by atoms with Crippen molar-refractivity contribution >= 4 is 41.5 Å². The number of hydrogen-bond donors (Lipinski definition) is 3. The highest BCUT2D eigenvalue weighted by molar-refractivity contribution is 6.34. The van der Waals surface area contributed by atoms with Crippen LogP contribution in [-0.4, -0.2) is 57.4 Å². The first-order chi connectivity index (χ1) is 11.5. The van der Waals surface area contributed by atoms with Crippen LogP contribution in [0.4, 0.5) is 5.69 Å². The zero-order chi connectivity index (χ0) is 17.5. The van der Waals surface area contributed by atoms with Crippen LogP contribution in [0.5, 0.6) is 0 Å². The number of morpholine rings is 1. The van der Waals surface area contributed by atoms with Gasteiger partial charge in [-0.1, -0.05) is 11.6 Å². The molecule has 0 aliphatic carbocycles. The van der Waals surface area contributed by atoms with Crippen molar-refractivity contribution in [3.63, 3.8) is 0 Å². The number of amides is 2. The summed E-state index contributed by atoms with van der Waals surface area (Å²) in [7, 11) is 1.56. The molecular weight excluding hydrogens is 369 g/mol. The lowest BCUT2D eigenvalue weighted by molar-refractivity contribution is -0.123. The van der Waals surface area contributed by atoms with E-state index in [0.717, 1.165) is 0 Å². The normalized spacial score (nSPS) is 19.6. The Balaban J connectivity index is 0.00000312. The molecule has 1 aromatic carbocycles. The van der Waals surface area contributed by atoms with Gasteiger partial charge in [0, 0.05) is 25.9 Å². The first kappa shape index (κ1) is 21.7. The van der Waals surface area contributed by atoms with Gasteiger partial charge in [0.15, 0.2) is 0 Å². The minimum atomic E-state index is -0.422. The summed E-state index contributed by atoms with van der Waals surface area (Å²) < 4.78 is 10.3. The Labute approximate surface area is 158 Å². The van der Waals surface area contributed by atoms with Crippen LogP contribution in [0.15, 0.2) is 18.2 Å². The molecule has 1 aliphatic heterocycles. The van der Waals surface area contributed by atoms with E-state index in [1.807, 2.05) is 6.92 Å². The maximum atomic E-state index is 12.3. The Morgan fingerprint density at radius 2 is 2.20 bits per heavy atom. The molecule has 25 heavy (non-hydrogen) atoms. The number of halogens is 2. The molecule has 1 fully saturated rings. The van der Waals surface area contributed by atoms with Gasteiger partial charge in [0.1, 0.15) is 6.04 Å². The molecule has 2 rings (SSSR count). The van der Waals surface area contributed by atoms with Crippen molar-refractivity contribution in [2.45, 2.75) is 19.1 Å². The van der Waals surface area contributed by atoms with Crippen LogP contribution in [0.2, 0.25) is 5.02 Å². The summed E-state index contributed by atoms with van der Waals surface area (Å²) in [6.07, 6.45) is -0.208. The number of ether oxygens (including phenoxy) is 2. The minimum Gasteiger partial charge on any atom is -0.383 e. The molecule has 0 aromatic heterocycles. The highest BCUT2D eigenvalue weighted by Gasteiger charge is 2.28. The summed E-state index contributed by atoms with van der Waals surface area (Å²) in [6, 6.07) is 4.35. The largest absolute Gasteiger partial charge is 0.383 e. The van der Waals surface area contributed by atoms with Gasteiger partial charge >= 0.3 is 0 Å². The summed E-state index contributed by atoms with van der Waals surface area (Å²) in [6.45, 7) is 3.88. The third kappa shape index (κ3) is 6.13. The fourth-order valence-electron chi connectivity index (χ4n) is 2.39. The molecule has 1 aromatic rings. The van der Waals surface area contributed by atoms with E-state index in [1.165, 1.54) is 0 Å². The highest BCUT2D eigenvalue weighted by atomic mass is 35.5. The average Bonchev–Trinajstić information content (AvgIpc) is 2.55. The zero-order valence-corrected chi connectivity index (χ0v) is 15.7. The Bertz CT molecular complexity index is 601. The summed E-state index contributed by atoms with van der Waals surface area (Å²) in [5, 5.41) is 8.86. The van der Waals surface area contributed by atoms with E-state index in [4.69, 9.17) is 21.1 Å². The first-order valence-corrected chi connectivity index (χ1v) is 8.13. The molecule has 9 heteroatoms. The predicted octanol–water partition coefficient (Wildman–Crippen LogP) is 1.45. The number of carbonyl (C=O) groups excluding carboxylic acids is 2. The Hall–Kier alpha value is -1.38. The van der Waals surface area contributed by atoms with Gasteiger partial charge in [-0.05, 0) is 25.1 Å². The molecule has 0 saturated carbocycles. The summed E-state index contributed by atoms with van der Waals surface area (Å²) in [4.78, 5) is 24.3. The molecule has 3 N–H and O–H groups in total. The molecule has 0 unspecified atom stereocenters. The van der Waals surface area contributed by atoms with Crippen molar-refractivity contribution in [3.05, 3.63) is 28.8 Å². The number of anilines is 1. The molecule has 0 spiro atoms. The van der Waals surface area contributed by atoms with Crippen LogP contribution in [0.25, 0.3) is 0 Å². The molecule has 2 amide bonds. The number of benzene rings is 1. The van der Waals surface area contributed by atoms with Crippen LogP contribution in [-0.2, 0) is 14.3 Å². The van der Waals surface area contributed by atoms with Gasteiger partial charge in [0.25, 0.3) is 5.91 Å². The first-order valence-electron chi connectivity index (χ1n) is 7.75. The molecule has 0 radical (unpaired) electrons. The van der Waals surface area contributed by atoms with Crippen LogP contribution < -0.4 is 16.0 Å². The molecular formula is C16H23Cl2N3O4. The third-order valence-corrected chi connectivity index (χ3v) is 3.98. The van der Waals surface area contributed by atoms with E-state index in [0.29, 0.717) is 37.6 Å². The van der Waals surface area contributed by atoms with Crippen LogP contribution in [0.3, 0.4) is 0 Å². The quantitative estimate of drug-likeness (QED) is 0.638. The van der Waals surface area contributed by atoms with Gasteiger partial charge in [0.05, 0.1) is 29.9 Å². The van der Waals surface area contributed by atoms with Crippen LogP contribution in [0, 0.1) is 0 Å². The van der Waals surface area contributed by atoms with E-state index in [2.05, 4.69) is 16.0 Å². The zero-order valence-electron chi connectivity index (χ0n) is 14.1. The van der Waals surface area contributed by atoms with E-state index in [9.17, 15) is 9.59 Å². The minimum absolute atomic E-state index is 0. The number of methoxy groups -OCH3 is 1. The van der Waals surface area contributed by atoms with Crippen molar-refractivity contribution in [1.29, 1.82) is 0 Å². The Kier molecular flexibility index (Phi) is 9.16. The van der Waals surface area contributed by atoms with Gasteiger partial charge in [0.2, 0.25) is 5.91 Å². The van der Waals surface area contributed by atoms with Gasteiger partial charge in [-0.3, -0.25) is 9.59 Å². The topological polar surface area (TPSA) is 88.7 Å². The second kappa shape index (κ2) is 10.6. The average molecular weight is 392 g/mol. The molecule has 7 nitrogen and oxygen atoms in total. The van der Waals surface area contributed by atoms with E-state index in [1.54, 1.807) is 25.3 Å². The lowest BCUT2D eigenvalue weighted by atomic mass is 10.1. The third-order valence-electron chi connectivity index (χ3n) is 3.67. The van der Waals surface area contributed by atoms with Gasteiger partial charge in [-0.15, -0.1) is 12.4 Å². The lowest BCUT2D eigenvalue weighted by Crippen LogP contribution is -2.53. The van der Waals surface area contributed by atoms with Gasteiger partial charge in [-0.25, -0.2) is 0 Å². The van der Waals surface area contributed by atoms with E-state index in [-0.39, 0.29) is 35.3 Å². The lowest BCUT2D eigenvalue weighted by Gasteiger charge is -2.29. The van der Waals surface area contributed by atoms with Crippen molar-refractivity contribution in [2.24, 2.45) is 0 Å². The van der Waals surface area contributed by atoms with Crippen molar-refractivity contribution in [3.8, 4) is 0 Å². The Morgan fingerprint density at radius 1 is 1.44 bits per heavy atom. The van der Waals surface area contributed by atoms with Gasteiger partial charge < -0.3 is 25.4 Å².